The van der Waals surface area contributed by atoms with Gasteiger partial charge in [0.1, 0.15) is 0 Å². The molecule has 1 N–H and O–H groups in total. The van der Waals surface area contributed by atoms with Gasteiger partial charge in [-0.25, -0.2) is 0 Å². The van der Waals surface area contributed by atoms with E-state index in [0.29, 0.717) is 12.3 Å². The molecule has 0 radical (unpaired) electrons. The maximum Gasteiger partial charge on any atom is 0.303 e. The van der Waals surface area contributed by atoms with E-state index in [1.165, 1.54) is 5.56 Å². The number of carbonyl (C=O) groups is 1. The lowest BCUT2D eigenvalue weighted by molar-refractivity contribution is -0.137. The Bertz CT molecular complexity index is 374. The molecule has 0 fully saturated rings. The normalized spacial score (nSPS) is 10.6. The summed E-state index contributed by atoms with van der Waals surface area (Å²) in [4.78, 5) is 12.5. The van der Waals surface area contributed by atoms with Gasteiger partial charge in [0.15, 0.2) is 0 Å². The van der Waals surface area contributed by atoms with Crippen molar-refractivity contribution in [1.82, 2.24) is 0 Å². The van der Waals surface area contributed by atoms with Crippen molar-refractivity contribution in [2.45, 2.75) is 32.6 Å². The van der Waals surface area contributed by atoms with E-state index in [0.717, 1.165) is 12.2 Å². The Morgan fingerprint density at radius 2 is 2.12 bits per heavy atom. The highest BCUT2D eigenvalue weighted by Gasteiger charge is 2.05. The summed E-state index contributed by atoms with van der Waals surface area (Å²) in [5.41, 5.74) is 2.47. The zero-order chi connectivity index (χ0) is 12.8. The Kier molecular flexibility index (Phi) is 5.01. The smallest absolute Gasteiger partial charge is 0.303 e. The van der Waals surface area contributed by atoms with Gasteiger partial charge in [0, 0.05) is 25.7 Å². The minimum atomic E-state index is -0.727. The van der Waals surface area contributed by atoms with Crippen LogP contribution in [0.25, 0.3) is 0 Å². The molecule has 0 aliphatic rings. The largest absolute Gasteiger partial charge is 0.481 e. The fourth-order valence-corrected chi connectivity index (χ4v) is 1.72. The Balaban J connectivity index is 2.59. The number of anilines is 1. The first-order valence-electron chi connectivity index (χ1n) is 6.03. The number of nitrogens with zero attached hydrogens (tertiary/aromatic N) is 1. The quantitative estimate of drug-likeness (QED) is 0.823. The van der Waals surface area contributed by atoms with Crippen molar-refractivity contribution >= 4 is 11.7 Å². The van der Waals surface area contributed by atoms with Crippen molar-refractivity contribution in [1.29, 1.82) is 0 Å². The topological polar surface area (TPSA) is 40.5 Å². The van der Waals surface area contributed by atoms with E-state index in [1.807, 2.05) is 7.05 Å². The number of aliphatic carboxylic acids is 1. The van der Waals surface area contributed by atoms with Crippen LogP contribution in [0, 0.1) is 0 Å². The highest BCUT2D eigenvalue weighted by Crippen LogP contribution is 2.20. The molecule has 0 aromatic heterocycles. The predicted molar refractivity (Wildman–Crippen MR) is 70.7 cm³/mol. The van der Waals surface area contributed by atoms with E-state index in [2.05, 4.69) is 43.0 Å². The van der Waals surface area contributed by atoms with Gasteiger partial charge in [0.2, 0.25) is 0 Å². The van der Waals surface area contributed by atoms with Crippen LogP contribution < -0.4 is 4.90 Å². The molecule has 1 rings (SSSR count). The van der Waals surface area contributed by atoms with Crippen LogP contribution in [-0.2, 0) is 4.79 Å². The second-order valence-electron chi connectivity index (χ2n) is 4.67. The first kappa shape index (κ1) is 13.6. The molecule has 0 aliphatic heterocycles. The lowest BCUT2D eigenvalue weighted by atomic mass is 10.0. The molecule has 0 spiro atoms. The van der Waals surface area contributed by atoms with Gasteiger partial charge in [-0.15, -0.1) is 0 Å². The zero-order valence-electron chi connectivity index (χ0n) is 10.8. The zero-order valence-corrected chi connectivity index (χ0v) is 10.8. The third-order valence-electron chi connectivity index (χ3n) is 2.86. The monoisotopic (exact) mass is 235 g/mol. The Morgan fingerprint density at radius 1 is 1.41 bits per heavy atom. The van der Waals surface area contributed by atoms with Crippen LogP contribution in [0.2, 0.25) is 0 Å². The summed E-state index contributed by atoms with van der Waals surface area (Å²) in [6.07, 6.45) is 0.909. The molecule has 1 aromatic carbocycles. The van der Waals surface area contributed by atoms with Crippen LogP contribution >= 0.6 is 0 Å². The fraction of sp³-hybridized carbons (Fsp3) is 0.500. The van der Waals surface area contributed by atoms with Crippen LogP contribution in [0.5, 0.6) is 0 Å². The predicted octanol–water partition coefficient (Wildman–Crippen LogP) is 3.11. The molecule has 3 heteroatoms. The van der Waals surface area contributed by atoms with Gasteiger partial charge in [-0.05, 0) is 30.0 Å². The van der Waals surface area contributed by atoms with Crippen molar-refractivity contribution in [2.24, 2.45) is 0 Å². The Labute approximate surface area is 103 Å². The number of hydrogen-bond donors (Lipinski definition) is 1. The second kappa shape index (κ2) is 6.28. The number of carboxylic acids is 1. The summed E-state index contributed by atoms with van der Waals surface area (Å²) in [7, 11) is 2.00. The molecule has 94 valence electrons. The average Bonchev–Trinajstić information content (AvgIpc) is 2.28. The number of benzene rings is 1. The molecule has 0 heterocycles. The van der Waals surface area contributed by atoms with E-state index in [4.69, 9.17) is 5.11 Å². The van der Waals surface area contributed by atoms with Gasteiger partial charge in [-0.3, -0.25) is 4.79 Å². The summed E-state index contributed by atoms with van der Waals surface area (Å²) in [6.45, 7) is 5.11. The standard InChI is InChI=1S/C14H21NO2/c1-11(2)12-6-4-7-13(10-12)15(3)9-5-8-14(16)17/h4,6-7,10-11H,5,8-9H2,1-3H3,(H,16,17). The SMILES string of the molecule is CC(C)c1cccc(N(C)CCCC(=O)O)c1. The molecule has 0 saturated carbocycles. The number of rotatable bonds is 6. The van der Waals surface area contributed by atoms with Crippen molar-refractivity contribution in [3.05, 3.63) is 29.8 Å². The molecule has 3 nitrogen and oxygen atoms in total. The molecule has 0 bridgehead atoms. The molecule has 0 atom stereocenters. The van der Waals surface area contributed by atoms with Gasteiger partial charge in [-0.1, -0.05) is 26.0 Å². The van der Waals surface area contributed by atoms with E-state index in [1.54, 1.807) is 0 Å². The van der Waals surface area contributed by atoms with Crippen LogP contribution in [0.1, 0.15) is 38.2 Å². The molecule has 1 aromatic rings. The van der Waals surface area contributed by atoms with E-state index >= 15 is 0 Å². The third-order valence-corrected chi connectivity index (χ3v) is 2.86. The lowest BCUT2D eigenvalue weighted by Crippen LogP contribution is -2.19. The first-order chi connectivity index (χ1) is 8.00. The first-order valence-corrected chi connectivity index (χ1v) is 6.03. The molecule has 0 unspecified atom stereocenters. The third kappa shape index (κ3) is 4.47. The van der Waals surface area contributed by atoms with Gasteiger partial charge in [0.05, 0.1) is 0 Å². The van der Waals surface area contributed by atoms with E-state index in [9.17, 15) is 4.79 Å². The van der Waals surface area contributed by atoms with Crippen LogP contribution in [-0.4, -0.2) is 24.7 Å². The Hall–Kier alpha value is -1.51. The number of carboxylic acid groups (broad SMARTS) is 1. The molecule has 17 heavy (non-hydrogen) atoms. The van der Waals surface area contributed by atoms with Gasteiger partial charge in [0.25, 0.3) is 0 Å². The van der Waals surface area contributed by atoms with Gasteiger partial charge in [-0.2, -0.15) is 0 Å². The summed E-state index contributed by atoms with van der Waals surface area (Å²) < 4.78 is 0. The molecule has 0 aliphatic carbocycles. The van der Waals surface area contributed by atoms with E-state index in [-0.39, 0.29) is 6.42 Å². The minimum absolute atomic E-state index is 0.230. The summed E-state index contributed by atoms with van der Waals surface area (Å²) in [5, 5.41) is 8.60. The summed E-state index contributed by atoms with van der Waals surface area (Å²) >= 11 is 0. The molecule has 0 saturated heterocycles. The summed E-state index contributed by atoms with van der Waals surface area (Å²) in [6, 6.07) is 8.41. The van der Waals surface area contributed by atoms with Crippen molar-refractivity contribution in [3.63, 3.8) is 0 Å². The highest BCUT2D eigenvalue weighted by molar-refractivity contribution is 5.66. The maximum absolute atomic E-state index is 10.4. The van der Waals surface area contributed by atoms with Crippen LogP contribution in [0.3, 0.4) is 0 Å². The van der Waals surface area contributed by atoms with Gasteiger partial charge >= 0.3 is 5.97 Å². The molecular formula is C14H21NO2. The number of hydrogen-bond acceptors (Lipinski definition) is 2. The molecule has 0 amide bonds. The second-order valence-corrected chi connectivity index (χ2v) is 4.67. The van der Waals surface area contributed by atoms with Crippen LogP contribution in [0.15, 0.2) is 24.3 Å². The highest BCUT2D eigenvalue weighted by atomic mass is 16.4. The van der Waals surface area contributed by atoms with Crippen LogP contribution in [0.4, 0.5) is 5.69 Å². The minimum Gasteiger partial charge on any atom is -0.481 e. The lowest BCUT2D eigenvalue weighted by Gasteiger charge is -2.20. The molecular weight excluding hydrogens is 214 g/mol. The Morgan fingerprint density at radius 3 is 2.71 bits per heavy atom. The van der Waals surface area contributed by atoms with Crippen molar-refractivity contribution < 1.29 is 9.90 Å². The van der Waals surface area contributed by atoms with Gasteiger partial charge < -0.3 is 10.0 Å². The summed E-state index contributed by atoms with van der Waals surface area (Å²) in [5.74, 6) is -0.211. The van der Waals surface area contributed by atoms with Crippen molar-refractivity contribution in [2.75, 3.05) is 18.5 Å². The fourth-order valence-electron chi connectivity index (χ4n) is 1.72. The average molecular weight is 235 g/mol. The van der Waals surface area contributed by atoms with Crippen molar-refractivity contribution in [3.8, 4) is 0 Å². The maximum atomic E-state index is 10.4. The van der Waals surface area contributed by atoms with E-state index < -0.39 is 5.97 Å².